The first kappa shape index (κ1) is 21.3. The second-order valence-corrected chi connectivity index (χ2v) is 8.03. The molecule has 2 N–H and O–H groups in total. The van der Waals surface area contributed by atoms with Gasteiger partial charge in [0.1, 0.15) is 12.1 Å². The minimum absolute atomic E-state index is 0.0344. The number of amides is 2. The molecule has 0 fully saturated rings. The highest BCUT2D eigenvalue weighted by molar-refractivity contribution is 6.05. The Bertz CT molecular complexity index is 1550. The summed E-state index contributed by atoms with van der Waals surface area (Å²) in [6.45, 7) is 5.31. The lowest BCUT2D eigenvalue weighted by molar-refractivity contribution is -0.116. The van der Waals surface area contributed by atoms with E-state index < -0.39 is 0 Å². The van der Waals surface area contributed by atoms with Gasteiger partial charge < -0.3 is 15.2 Å². The zero-order valence-corrected chi connectivity index (χ0v) is 18.9. The summed E-state index contributed by atoms with van der Waals surface area (Å²) < 4.78 is 3.47. The van der Waals surface area contributed by atoms with Gasteiger partial charge in [-0.2, -0.15) is 10.1 Å². The van der Waals surface area contributed by atoms with E-state index >= 15 is 0 Å². The lowest BCUT2D eigenvalue weighted by Gasteiger charge is -2.09. The Morgan fingerprint density at radius 3 is 2.32 bits per heavy atom. The van der Waals surface area contributed by atoms with Crippen molar-refractivity contribution in [3.05, 3.63) is 66.0 Å². The largest absolute Gasteiger partial charge is 0.326 e. The van der Waals surface area contributed by atoms with E-state index in [1.165, 1.54) is 6.92 Å². The summed E-state index contributed by atoms with van der Waals surface area (Å²) in [5.41, 5.74) is 5.03. The minimum atomic E-state index is -0.221. The summed E-state index contributed by atoms with van der Waals surface area (Å²) in [5.74, 6) is -0.0316. The van der Waals surface area contributed by atoms with Crippen molar-refractivity contribution in [3.63, 3.8) is 0 Å². The van der Waals surface area contributed by atoms with Crippen LogP contribution >= 0.6 is 0 Å². The number of carbonyl (C=O) groups excluding carboxylic acids is 2. The second kappa shape index (κ2) is 8.39. The van der Waals surface area contributed by atoms with E-state index in [1.54, 1.807) is 28.9 Å². The normalized spacial score (nSPS) is 11.1. The Morgan fingerprint density at radius 2 is 1.65 bits per heavy atom. The molecule has 0 bridgehead atoms. The zero-order chi connectivity index (χ0) is 23.8. The molecule has 0 spiro atoms. The number of benzene rings is 2. The molecule has 34 heavy (non-hydrogen) atoms. The number of aryl methyl sites for hydroxylation is 2. The van der Waals surface area contributed by atoms with Crippen molar-refractivity contribution in [2.45, 2.75) is 27.3 Å². The summed E-state index contributed by atoms with van der Waals surface area (Å²) in [5, 5.41) is 19.6. The van der Waals surface area contributed by atoms with Gasteiger partial charge >= 0.3 is 0 Å². The van der Waals surface area contributed by atoms with Gasteiger partial charge in [-0.1, -0.05) is 18.2 Å². The molecule has 10 heteroatoms. The van der Waals surface area contributed by atoms with Crippen LogP contribution in [0, 0.1) is 13.8 Å². The molecule has 3 heterocycles. The van der Waals surface area contributed by atoms with E-state index in [2.05, 4.69) is 25.9 Å². The number of carbonyl (C=O) groups is 2. The summed E-state index contributed by atoms with van der Waals surface area (Å²) in [4.78, 5) is 28.9. The topological polar surface area (TPSA) is 120 Å². The number of nitrogens with one attached hydrogen (secondary N) is 2. The quantitative estimate of drug-likeness (QED) is 0.420. The average molecular weight is 454 g/mol. The molecule has 0 aliphatic carbocycles. The van der Waals surface area contributed by atoms with Crippen LogP contribution in [-0.4, -0.2) is 41.3 Å². The zero-order valence-electron chi connectivity index (χ0n) is 18.9. The molecule has 0 aliphatic heterocycles. The first-order valence-corrected chi connectivity index (χ1v) is 10.7. The molecule has 0 radical (unpaired) electrons. The molecule has 0 saturated carbocycles. The summed E-state index contributed by atoms with van der Waals surface area (Å²) >= 11 is 0. The number of anilines is 2. The molecule has 10 nitrogen and oxygen atoms in total. The molecule has 2 amide bonds. The molecule has 0 unspecified atom stereocenters. The predicted molar refractivity (Wildman–Crippen MR) is 129 cm³/mol. The third-order valence-corrected chi connectivity index (χ3v) is 5.35. The molecule has 0 aliphatic rings. The molecular formula is C24H22N8O2. The van der Waals surface area contributed by atoms with E-state index in [1.807, 2.05) is 48.7 Å². The van der Waals surface area contributed by atoms with Crippen LogP contribution in [0.25, 0.3) is 28.0 Å². The molecule has 5 rings (SSSR count). The molecule has 3 aromatic heterocycles. The number of para-hydroxylation sites is 1. The summed E-state index contributed by atoms with van der Waals surface area (Å²) in [6.07, 6.45) is 0. The Morgan fingerprint density at radius 1 is 0.941 bits per heavy atom. The number of fused-ring (bicyclic) bond motifs is 3. The van der Waals surface area contributed by atoms with Gasteiger partial charge in [0, 0.05) is 29.4 Å². The minimum Gasteiger partial charge on any atom is -0.326 e. The standard InChI is InChI=1S/C24H22N8O2/c1-14-12-15(2)32(30-14)24-27-23-22(28-29-24)19-6-4-5-7-20(19)31(23)13-21(34)26-18-10-8-17(9-11-18)25-16(3)33/h4-12H,13H2,1-3H3,(H,25,33)(H,26,34). The molecule has 0 saturated heterocycles. The molecule has 0 atom stereocenters. The number of hydrogen-bond donors (Lipinski definition) is 2. The number of nitrogens with zero attached hydrogens (tertiary/aromatic N) is 6. The summed E-state index contributed by atoms with van der Waals surface area (Å²) in [6, 6.07) is 16.6. The van der Waals surface area contributed by atoms with Crippen molar-refractivity contribution in [3.8, 4) is 5.95 Å². The fourth-order valence-corrected chi connectivity index (χ4v) is 3.96. The van der Waals surface area contributed by atoms with Gasteiger partial charge in [-0.25, -0.2) is 4.68 Å². The Kier molecular flexibility index (Phi) is 5.25. The lowest BCUT2D eigenvalue weighted by atomic mass is 10.2. The lowest BCUT2D eigenvalue weighted by Crippen LogP contribution is -2.19. The van der Waals surface area contributed by atoms with E-state index in [0.717, 1.165) is 22.3 Å². The van der Waals surface area contributed by atoms with Gasteiger partial charge in [0.05, 0.1) is 11.2 Å². The van der Waals surface area contributed by atoms with Crippen molar-refractivity contribution in [2.75, 3.05) is 10.6 Å². The Labute approximate surface area is 194 Å². The van der Waals surface area contributed by atoms with Crippen LogP contribution in [0.1, 0.15) is 18.3 Å². The van der Waals surface area contributed by atoms with E-state index in [4.69, 9.17) is 4.98 Å². The summed E-state index contributed by atoms with van der Waals surface area (Å²) in [7, 11) is 0. The number of aromatic nitrogens is 6. The van der Waals surface area contributed by atoms with Gasteiger partial charge in [0.2, 0.25) is 11.8 Å². The molecule has 5 aromatic rings. The first-order valence-electron chi connectivity index (χ1n) is 10.7. The van der Waals surface area contributed by atoms with Gasteiger partial charge in [-0.3, -0.25) is 9.59 Å². The number of hydrogen-bond acceptors (Lipinski definition) is 6. The van der Waals surface area contributed by atoms with Crippen molar-refractivity contribution in [1.82, 2.24) is 29.5 Å². The van der Waals surface area contributed by atoms with Crippen LogP contribution in [-0.2, 0) is 16.1 Å². The fraction of sp³-hybridized carbons (Fsp3) is 0.167. The van der Waals surface area contributed by atoms with Crippen LogP contribution in [0.4, 0.5) is 11.4 Å². The molecule has 170 valence electrons. The van der Waals surface area contributed by atoms with E-state index in [0.29, 0.717) is 28.5 Å². The predicted octanol–water partition coefficient (Wildman–Crippen LogP) is 3.38. The van der Waals surface area contributed by atoms with Crippen LogP contribution in [0.5, 0.6) is 0 Å². The molecule has 2 aromatic carbocycles. The average Bonchev–Trinajstić information content (AvgIpc) is 3.31. The highest BCUT2D eigenvalue weighted by Crippen LogP contribution is 2.26. The van der Waals surface area contributed by atoms with Crippen LogP contribution in [0.3, 0.4) is 0 Å². The van der Waals surface area contributed by atoms with Crippen molar-refractivity contribution >= 4 is 45.3 Å². The fourth-order valence-electron chi connectivity index (χ4n) is 3.96. The number of rotatable bonds is 5. The SMILES string of the molecule is CC(=O)Nc1ccc(NC(=O)Cn2c3ccccc3c3nnc(-n4nc(C)cc4C)nc32)cc1. The van der Waals surface area contributed by atoms with Gasteiger partial charge in [-0.15, -0.1) is 10.2 Å². The Hall–Kier alpha value is -4.60. The third kappa shape index (κ3) is 3.96. The maximum Gasteiger partial charge on any atom is 0.272 e. The smallest absolute Gasteiger partial charge is 0.272 e. The monoisotopic (exact) mass is 454 g/mol. The Balaban J connectivity index is 1.49. The van der Waals surface area contributed by atoms with Crippen molar-refractivity contribution < 1.29 is 9.59 Å². The maximum atomic E-state index is 13.0. The van der Waals surface area contributed by atoms with Crippen LogP contribution in [0.15, 0.2) is 54.6 Å². The highest BCUT2D eigenvalue weighted by Gasteiger charge is 2.18. The van der Waals surface area contributed by atoms with E-state index in [9.17, 15) is 9.59 Å². The van der Waals surface area contributed by atoms with Crippen LogP contribution < -0.4 is 10.6 Å². The van der Waals surface area contributed by atoms with Crippen molar-refractivity contribution in [2.24, 2.45) is 0 Å². The van der Waals surface area contributed by atoms with Crippen LogP contribution in [0.2, 0.25) is 0 Å². The first-order chi connectivity index (χ1) is 16.4. The van der Waals surface area contributed by atoms with Crippen molar-refractivity contribution in [1.29, 1.82) is 0 Å². The second-order valence-electron chi connectivity index (χ2n) is 8.03. The molecular weight excluding hydrogens is 432 g/mol. The van der Waals surface area contributed by atoms with E-state index in [-0.39, 0.29) is 18.4 Å². The van der Waals surface area contributed by atoms with Gasteiger partial charge in [0.15, 0.2) is 5.65 Å². The third-order valence-electron chi connectivity index (χ3n) is 5.35. The van der Waals surface area contributed by atoms with Gasteiger partial charge in [0.25, 0.3) is 5.95 Å². The van der Waals surface area contributed by atoms with Gasteiger partial charge in [-0.05, 0) is 50.2 Å². The highest BCUT2D eigenvalue weighted by atomic mass is 16.2. The maximum absolute atomic E-state index is 13.0.